The van der Waals surface area contributed by atoms with Crippen molar-refractivity contribution in [2.45, 2.75) is 57.8 Å². The third kappa shape index (κ3) is 13.9. The fraction of sp³-hybridized carbons (Fsp3) is 0.257. The van der Waals surface area contributed by atoms with Gasteiger partial charge < -0.3 is 20.4 Å². The van der Waals surface area contributed by atoms with Gasteiger partial charge in [-0.15, -0.1) is 0 Å². The van der Waals surface area contributed by atoms with Crippen LogP contribution in [0.1, 0.15) is 73.7 Å². The summed E-state index contributed by atoms with van der Waals surface area (Å²) in [5.74, 6) is -2.47. The zero-order valence-electron chi connectivity index (χ0n) is 23.4. The highest BCUT2D eigenvalue weighted by Crippen LogP contribution is 2.34. The lowest BCUT2D eigenvalue weighted by molar-refractivity contribution is -0.137. The molecule has 0 aromatic heterocycles. The molecule has 0 saturated carbocycles. The Bertz CT molecular complexity index is 1260. The Hall–Kier alpha value is -4.58. The van der Waals surface area contributed by atoms with Gasteiger partial charge in [-0.3, -0.25) is 9.59 Å². The first-order valence-corrected chi connectivity index (χ1v) is 13.9. The molecular formula is C35H40O6. The maximum Gasteiger partial charge on any atom is 0.303 e. The van der Waals surface area contributed by atoms with Crippen molar-refractivity contribution in [3.63, 3.8) is 0 Å². The largest absolute Gasteiger partial charge is 0.508 e. The molecule has 216 valence electrons. The standard InChI is InChI=1S/C35H40O6/c36-30-26-31(37)34(32(38)27-30)35(41)29(25-28-21-17-16-18-22-28)23-19-14-12-10-8-6-4-2-1-3-5-7-9-11-13-15-20-24-33(39)40/h1-2,5-8,11-14,16-18,21-22,25-27,36-38H,3-4,9-10,15,19-20,23-24H2,(H,39,40)/b2-1-,7-5-,8-6-,13-11-,14-12-,29-25+. The Kier molecular flexibility index (Phi) is 15.5. The average Bonchev–Trinajstić information content (AvgIpc) is 2.93. The molecule has 0 saturated heterocycles. The van der Waals surface area contributed by atoms with Gasteiger partial charge in [0.15, 0.2) is 5.78 Å². The number of rotatable bonds is 18. The number of allylic oxidation sites excluding steroid dienone is 11. The number of ketones is 1. The second-order valence-corrected chi connectivity index (χ2v) is 9.39. The summed E-state index contributed by atoms with van der Waals surface area (Å²) in [4.78, 5) is 23.6. The first kappa shape index (κ1) is 32.6. The number of Topliss-reactive ketones (excluding diaryl/α,β-unsaturated/α-hetero) is 1. The minimum atomic E-state index is -0.749. The molecule has 0 spiro atoms. The van der Waals surface area contributed by atoms with Crippen molar-refractivity contribution in [1.29, 1.82) is 0 Å². The van der Waals surface area contributed by atoms with Gasteiger partial charge in [-0.25, -0.2) is 0 Å². The molecule has 0 aliphatic carbocycles. The van der Waals surface area contributed by atoms with Crippen LogP contribution in [0, 0.1) is 0 Å². The van der Waals surface area contributed by atoms with E-state index in [1.807, 2.05) is 48.6 Å². The summed E-state index contributed by atoms with van der Waals surface area (Å²) in [5.41, 5.74) is 1.06. The van der Waals surface area contributed by atoms with Gasteiger partial charge in [0.05, 0.1) is 0 Å². The number of unbranched alkanes of at least 4 members (excludes halogenated alkanes) is 1. The molecule has 0 aliphatic rings. The zero-order chi connectivity index (χ0) is 29.7. The summed E-state index contributed by atoms with van der Waals surface area (Å²) < 4.78 is 0. The molecule has 2 aromatic rings. The van der Waals surface area contributed by atoms with Crippen LogP contribution in [0.2, 0.25) is 0 Å². The van der Waals surface area contributed by atoms with Crippen molar-refractivity contribution in [1.82, 2.24) is 0 Å². The molecular weight excluding hydrogens is 516 g/mol. The predicted molar refractivity (Wildman–Crippen MR) is 165 cm³/mol. The highest BCUT2D eigenvalue weighted by Gasteiger charge is 2.21. The number of phenols is 3. The Morgan fingerprint density at radius 1 is 0.634 bits per heavy atom. The SMILES string of the molecule is O=C(O)CCC/C=C\C/C=C\C/C=C\C/C=C\C/C=C\CC/C(=C\c1ccccc1)C(=O)c1c(O)cc(O)cc1O. The van der Waals surface area contributed by atoms with Gasteiger partial charge in [0, 0.05) is 24.1 Å². The lowest BCUT2D eigenvalue weighted by atomic mass is 9.95. The summed E-state index contributed by atoms with van der Waals surface area (Å²) >= 11 is 0. The molecule has 2 aromatic carbocycles. The minimum Gasteiger partial charge on any atom is -0.508 e. The van der Waals surface area contributed by atoms with Crippen molar-refractivity contribution in [3.05, 3.63) is 120 Å². The summed E-state index contributed by atoms with van der Waals surface area (Å²) in [6.07, 6.45) is 28.6. The lowest BCUT2D eigenvalue weighted by Gasteiger charge is -2.10. The van der Waals surface area contributed by atoms with Crippen LogP contribution >= 0.6 is 0 Å². The molecule has 6 heteroatoms. The van der Waals surface area contributed by atoms with Crippen LogP contribution in [-0.4, -0.2) is 32.2 Å². The Morgan fingerprint density at radius 2 is 1.12 bits per heavy atom. The first-order chi connectivity index (χ1) is 19.9. The highest BCUT2D eigenvalue weighted by atomic mass is 16.4. The van der Waals surface area contributed by atoms with Gasteiger partial charge >= 0.3 is 5.97 Å². The van der Waals surface area contributed by atoms with E-state index in [-0.39, 0.29) is 17.7 Å². The number of aromatic hydroxyl groups is 3. The van der Waals surface area contributed by atoms with Crippen molar-refractivity contribution in [2.75, 3.05) is 0 Å². The molecule has 6 nitrogen and oxygen atoms in total. The summed E-state index contributed by atoms with van der Waals surface area (Å²) in [6, 6.07) is 11.5. The van der Waals surface area contributed by atoms with Crippen LogP contribution in [0.5, 0.6) is 17.2 Å². The summed E-state index contributed by atoms with van der Waals surface area (Å²) in [5, 5.41) is 38.5. The maximum absolute atomic E-state index is 13.2. The summed E-state index contributed by atoms with van der Waals surface area (Å²) in [7, 11) is 0. The molecule has 41 heavy (non-hydrogen) atoms. The zero-order valence-corrected chi connectivity index (χ0v) is 23.4. The van der Waals surface area contributed by atoms with Crippen LogP contribution in [0.25, 0.3) is 6.08 Å². The number of hydrogen-bond acceptors (Lipinski definition) is 5. The minimum absolute atomic E-state index is 0.216. The van der Waals surface area contributed by atoms with E-state index >= 15 is 0 Å². The second kappa shape index (κ2) is 19.5. The quantitative estimate of drug-likeness (QED) is 0.0634. The van der Waals surface area contributed by atoms with Crippen LogP contribution in [0.4, 0.5) is 0 Å². The number of carbonyl (C=O) groups excluding carboxylic acids is 1. The topological polar surface area (TPSA) is 115 Å². The smallest absolute Gasteiger partial charge is 0.303 e. The van der Waals surface area contributed by atoms with Crippen LogP contribution in [-0.2, 0) is 4.79 Å². The van der Waals surface area contributed by atoms with E-state index in [0.29, 0.717) is 24.8 Å². The van der Waals surface area contributed by atoms with E-state index < -0.39 is 23.3 Å². The molecule has 4 N–H and O–H groups in total. The predicted octanol–water partition coefficient (Wildman–Crippen LogP) is 8.45. The third-order valence-corrected chi connectivity index (χ3v) is 6.00. The fourth-order valence-electron chi connectivity index (χ4n) is 3.92. The molecule has 2 rings (SSSR count). The first-order valence-electron chi connectivity index (χ1n) is 13.9. The van der Waals surface area contributed by atoms with E-state index in [2.05, 4.69) is 42.5 Å². The molecule has 0 amide bonds. The summed E-state index contributed by atoms with van der Waals surface area (Å²) in [6.45, 7) is 0. The molecule has 0 aliphatic heterocycles. The van der Waals surface area contributed by atoms with Crippen molar-refractivity contribution in [2.24, 2.45) is 0 Å². The van der Waals surface area contributed by atoms with E-state index in [0.717, 1.165) is 49.8 Å². The molecule has 0 bridgehead atoms. The number of hydrogen-bond donors (Lipinski definition) is 4. The van der Waals surface area contributed by atoms with Crippen molar-refractivity contribution < 1.29 is 30.0 Å². The number of carboxylic acids is 1. The van der Waals surface area contributed by atoms with Crippen molar-refractivity contribution in [3.8, 4) is 17.2 Å². The highest BCUT2D eigenvalue weighted by molar-refractivity contribution is 6.14. The molecule has 0 radical (unpaired) electrons. The third-order valence-electron chi connectivity index (χ3n) is 6.00. The Morgan fingerprint density at radius 3 is 1.63 bits per heavy atom. The van der Waals surface area contributed by atoms with Gasteiger partial charge in [-0.2, -0.15) is 0 Å². The molecule has 0 atom stereocenters. The Balaban J connectivity index is 1.75. The van der Waals surface area contributed by atoms with Gasteiger partial charge in [-0.1, -0.05) is 91.1 Å². The monoisotopic (exact) mass is 556 g/mol. The number of aliphatic carboxylic acids is 1. The van der Waals surface area contributed by atoms with Gasteiger partial charge in [-0.05, 0) is 63.0 Å². The van der Waals surface area contributed by atoms with Gasteiger partial charge in [0.1, 0.15) is 22.8 Å². The maximum atomic E-state index is 13.2. The van der Waals surface area contributed by atoms with E-state index in [1.165, 1.54) is 0 Å². The Labute approximate surface area is 242 Å². The van der Waals surface area contributed by atoms with Gasteiger partial charge in [0.2, 0.25) is 0 Å². The molecule has 0 fully saturated rings. The number of carboxylic acid groups (broad SMARTS) is 1. The lowest BCUT2D eigenvalue weighted by Crippen LogP contribution is -2.05. The van der Waals surface area contributed by atoms with Crippen LogP contribution < -0.4 is 0 Å². The number of benzene rings is 2. The average molecular weight is 557 g/mol. The molecule has 0 unspecified atom stereocenters. The van der Waals surface area contributed by atoms with E-state index in [4.69, 9.17) is 5.11 Å². The van der Waals surface area contributed by atoms with Crippen molar-refractivity contribution >= 4 is 17.8 Å². The molecule has 0 heterocycles. The normalized spacial score (nSPS) is 12.5. The van der Waals surface area contributed by atoms with Crippen LogP contribution in [0.15, 0.2) is 109 Å². The fourth-order valence-corrected chi connectivity index (χ4v) is 3.92. The van der Waals surface area contributed by atoms with Gasteiger partial charge in [0.25, 0.3) is 0 Å². The number of phenolic OH excluding ortho intramolecular Hbond substituents is 3. The van der Waals surface area contributed by atoms with E-state index in [9.17, 15) is 24.9 Å². The second-order valence-electron chi connectivity index (χ2n) is 9.39. The van der Waals surface area contributed by atoms with Crippen LogP contribution in [0.3, 0.4) is 0 Å². The van der Waals surface area contributed by atoms with E-state index in [1.54, 1.807) is 6.08 Å². The number of carbonyl (C=O) groups is 2.